The molecule has 17 heavy (non-hydrogen) atoms. The van der Waals surface area contributed by atoms with Crippen LogP contribution in [0.2, 0.25) is 0 Å². The first-order valence-electron chi connectivity index (χ1n) is 5.78. The van der Waals surface area contributed by atoms with E-state index in [0.29, 0.717) is 18.0 Å². The van der Waals surface area contributed by atoms with Gasteiger partial charge in [0.25, 0.3) is 0 Å². The lowest BCUT2D eigenvalue weighted by Crippen LogP contribution is -2.03. The lowest BCUT2D eigenvalue weighted by molar-refractivity contribution is 0.288. The minimum Gasteiger partial charge on any atom is -0.488 e. The van der Waals surface area contributed by atoms with Crippen LogP contribution >= 0.6 is 0 Å². The number of hydrogen-bond donors (Lipinski definition) is 0. The smallest absolute Gasteiger partial charge is 0.181 e. The molecule has 3 rings (SSSR count). The molecule has 0 amide bonds. The van der Waals surface area contributed by atoms with Crippen LogP contribution in [0.4, 0.5) is 4.39 Å². The van der Waals surface area contributed by atoms with Gasteiger partial charge in [0.15, 0.2) is 11.6 Å². The molecule has 0 saturated heterocycles. The second-order valence-corrected chi connectivity index (χ2v) is 4.49. The van der Waals surface area contributed by atoms with Gasteiger partial charge in [-0.3, -0.25) is 0 Å². The van der Waals surface area contributed by atoms with Crippen molar-refractivity contribution in [2.24, 2.45) is 5.92 Å². The van der Waals surface area contributed by atoms with E-state index in [1.54, 1.807) is 6.07 Å². The number of ether oxygens (including phenoxy) is 1. The highest BCUT2D eigenvalue weighted by Crippen LogP contribution is 2.33. The molecule has 0 radical (unpaired) electrons. The van der Waals surface area contributed by atoms with Crippen LogP contribution in [-0.2, 0) is 0 Å². The van der Waals surface area contributed by atoms with E-state index in [-0.39, 0.29) is 11.6 Å². The molecule has 1 aliphatic rings. The summed E-state index contributed by atoms with van der Waals surface area (Å²) in [7, 11) is 0. The van der Waals surface area contributed by atoms with Gasteiger partial charge in [-0.2, -0.15) is 0 Å². The van der Waals surface area contributed by atoms with E-state index in [2.05, 4.69) is 9.97 Å². The molecule has 2 aromatic rings. The number of aryl methyl sites for hydroxylation is 1. The lowest BCUT2D eigenvalue weighted by atomic mass is 10.2. The second-order valence-electron chi connectivity index (χ2n) is 4.49. The van der Waals surface area contributed by atoms with E-state index in [1.165, 1.54) is 25.2 Å². The predicted molar refractivity (Wildman–Crippen MR) is 62.5 cm³/mol. The first kappa shape index (κ1) is 10.4. The first-order chi connectivity index (χ1) is 8.25. The highest BCUT2D eigenvalue weighted by molar-refractivity contribution is 5.86. The monoisotopic (exact) mass is 232 g/mol. The highest BCUT2D eigenvalue weighted by atomic mass is 19.1. The first-order valence-corrected chi connectivity index (χ1v) is 5.78. The van der Waals surface area contributed by atoms with E-state index in [9.17, 15) is 4.39 Å². The quantitative estimate of drug-likeness (QED) is 0.816. The molecule has 4 heteroatoms. The van der Waals surface area contributed by atoms with E-state index in [4.69, 9.17) is 4.74 Å². The molecule has 0 aliphatic heterocycles. The summed E-state index contributed by atoms with van der Waals surface area (Å²) in [5.41, 5.74) is 1.41. The summed E-state index contributed by atoms with van der Waals surface area (Å²) in [6.07, 6.45) is 3.81. The topological polar surface area (TPSA) is 35.0 Å². The van der Waals surface area contributed by atoms with Gasteiger partial charge in [0, 0.05) is 11.1 Å². The van der Waals surface area contributed by atoms with Crippen LogP contribution in [0.5, 0.6) is 5.75 Å². The maximum atomic E-state index is 13.7. The number of halogens is 1. The van der Waals surface area contributed by atoms with E-state index < -0.39 is 0 Å². The average molecular weight is 232 g/mol. The Balaban J connectivity index is 2.06. The van der Waals surface area contributed by atoms with Gasteiger partial charge in [-0.1, -0.05) is 0 Å². The van der Waals surface area contributed by atoms with Crippen LogP contribution in [0.25, 0.3) is 10.9 Å². The van der Waals surface area contributed by atoms with Crippen LogP contribution in [0.1, 0.15) is 18.5 Å². The maximum absolute atomic E-state index is 13.7. The standard InChI is InChI=1S/C13H13FN2O/c1-8-10-4-5-11(14)13(12(10)16-7-15-8)17-6-9-2-3-9/h4-5,7,9H,2-3,6H2,1H3. The minimum atomic E-state index is -0.351. The number of nitrogens with zero attached hydrogens (tertiary/aromatic N) is 2. The molecule has 3 nitrogen and oxygen atoms in total. The summed E-state index contributed by atoms with van der Waals surface area (Å²) >= 11 is 0. The number of rotatable bonds is 3. The zero-order chi connectivity index (χ0) is 11.8. The van der Waals surface area contributed by atoms with Gasteiger partial charge >= 0.3 is 0 Å². The zero-order valence-corrected chi connectivity index (χ0v) is 9.61. The largest absolute Gasteiger partial charge is 0.488 e. The van der Waals surface area contributed by atoms with Crippen molar-refractivity contribution in [3.05, 3.63) is 30.0 Å². The predicted octanol–water partition coefficient (Wildman–Crippen LogP) is 2.87. The van der Waals surface area contributed by atoms with Crippen molar-refractivity contribution in [2.45, 2.75) is 19.8 Å². The summed E-state index contributed by atoms with van der Waals surface area (Å²) in [5.74, 6) is 0.503. The van der Waals surface area contributed by atoms with Gasteiger partial charge in [-0.15, -0.1) is 0 Å². The Hall–Kier alpha value is -1.71. The van der Waals surface area contributed by atoms with Crippen molar-refractivity contribution >= 4 is 10.9 Å². The molecular formula is C13H13FN2O. The van der Waals surface area contributed by atoms with Crippen molar-refractivity contribution in [1.82, 2.24) is 9.97 Å². The van der Waals surface area contributed by atoms with E-state index >= 15 is 0 Å². The molecule has 0 N–H and O–H groups in total. The van der Waals surface area contributed by atoms with Crippen molar-refractivity contribution < 1.29 is 9.13 Å². The molecule has 0 bridgehead atoms. The Morgan fingerprint density at radius 3 is 2.94 bits per heavy atom. The van der Waals surface area contributed by atoms with Crippen molar-refractivity contribution in [1.29, 1.82) is 0 Å². The summed E-state index contributed by atoms with van der Waals surface area (Å²) in [6.45, 7) is 2.46. The molecule has 0 unspecified atom stereocenters. The van der Waals surface area contributed by atoms with Gasteiger partial charge in [-0.05, 0) is 37.8 Å². The van der Waals surface area contributed by atoms with Crippen LogP contribution in [0.3, 0.4) is 0 Å². The van der Waals surface area contributed by atoms with Gasteiger partial charge in [0.2, 0.25) is 0 Å². The van der Waals surface area contributed by atoms with Crippen LogP contribution < -0.4 is 4.74 Å². The number of fused-ring (bicyclic) bond motifs is 1. The third kappa shape index (κ3) is 1.95. The second kappa shape index (κ2) is 3.95. The van der Waals surface area contributed by atoms with Gasteiger partial charge in [0.1, 0.15) is 11.8 Å². The normalized spacial score (nSPS) is 15.2. The van der Waals surface area contributed by atoms with E-state index in [0.717, 1.165) is 11.1 Å². The summed E-state index contributed by atoms with van der Waals surface area (Å²) in [5, 5.41) is 0.847. The molecule has 1 aliphatic carbocycles. The molecule has 0 spiro atoms. The fourth-order valence-corrected chi connectivity index (χ4v) is 1.83. The lowest BCUT2D eigenvalue weighted by Gasteiger charge is -2.09. The fraction of sp³-hybridized carbons (Fsp3) is 0.385. The van der Waals surface area contributed by atoms with Crippen molar-refractivity contribution in [2.75, 3.05) is 6.61 Å². The Bertz CT molecular complexity index is 567. The maximum Gasteiger partial charge on any atom is 0.181 e. The van der Waals surface area contributed by atoms with Crippen LogP contribution in [-0.4, -0.2) is 16.6 Å². The summed E-state index contributed by atoms with van der Waals surface area (Å²) in [4.78, 5) is 8.22. The molecule has 0 atom stereocenters. The Labute approximate surface area is 98.7 Å². The molecule has 1 fully saturated rings. The molecular weight excluding hydrogens is 219 g/mol. The van der Waals surface area contributed by atoms with Gasteiger partial charge in [0.05, 0.1) is 6.61 Å². The van der Waals surface area contributed by atoms with Gasteiger partial charge < -0.3 is 4.74 Å². The minimum absolute atomic E-state index is 0.264. The molecule has 1 aromatic carbocycles. The Morgan fingerprint density at radius 1 is 1.35 bits per heavy atom. The average Bonchev–Trinajstić information content (AvgIpc) is 3.12. The summed E-state index contributed by atoms with van der Waals surface area (Å²) in [6, 6.07) is 3.12. The Morgan fingerprint density at radius 2 is 2.18 bits per heavy atom. The Kier molecular flexibility index (Phi) is 2.42. The number of benzene rings is 1. The van der Waals surface area contributed by atoms with E-state index in [1.807, 2.05) is 6.92 Å². The number of aromatic nitrogens is 2. The molecule has 1 heterocycles. The third-order valence-corrected chi connectivity index (χ3v) is 3.07. The molecule has 1 saturated carbocycles. The SMILES string of the molecule is Cc1ncnc2c(OCC3CC3)c(F)ccc12. The highest BCUT2D eigenvalue weighted by Gasteiger charge is 2.23. The molecule has 1 aromatic heterocycles. The van der Waals surface area contributed by atoms with Crippen LogP contribution in [0, 0.1) is 18.7 Å². The summed E-state index contributed by atoms with van der Waals surface area (Å²) < 4.78 is 19.3. The number of hydrogen-bond acceptors (Lipinski definition) is 3. The fourth-order valence-electron chi connectivity index (χ4n) is 1.83. The van der Waals surface area contributed by atoms with Crippen molar-refractivity contribution in [3.8, 4) is 5.75 Å². The molecule has 88 valence electrons. The van der Waals surface area contributed by atoms with Crippen LogP contribution in [0.15, 0.2) is 18.5 Å². The van der Waals surface area contributed by atoms with Crippen molar-refractivity contribution in [3.63, 3.8) is 0 Å². The third-order valence-electron chi connectivity index (χ3n) is 3.07. The van der Waals surface area contributed by atoms with Gasteiger partial charge in [-0.25, -0.2) is 14.4 Å². The zero-order valence-electron chi connectivity index (χ0n) is 9.61.